The van der Waals surface area contributed by atoms with Gasteiger partial charge in [0.05, 0.1) is 0 Å². The number of alkyl halides is 2. The van der Waals surface area contributed by atoms with Gasteiger partial charge in [0.1, 0.15) is 0 Å². The minimum Gasteiger partial charge on any atom is -0.384 e. The highest BCUT2D eigenvalue weighted by atomic mass is 19.3. The molecule has 0 saturated carbocycles. The van der Waals surface area contributed by atoms with Crippen LogP contribution in [0.4, 0.5) is 8.78 Å². The molecule has 0 aliphatic rings. The SMILES string of the molecule is C=C=CNCCC(F)(F)CC. The van der Waals surface area contributed by atoms with E-state index in [-0.39, 0.29) is 19.4 Å². The van der Waals surface area contributed by atoms with Gasteiger partial charge in [0.25, 0.3) is 0 Å². The summed E-state index contributed by atoms with van der Waals surface area (Å²) in [5.74, 6) is -2.54. The van der Waals surface area contributed by atoms with Crippen LogP contribution in [-0.2, 0) is 0 Å². The largest absolute Gasteiger partial charge is 0.384 e. The summed E-state index contributed by atoms with van der Waals surface area (Å²) in [6.07, 6.45) is 1.19. The van der Waals surface area contributed by atoms with Gasteiger partial charge >= 0.3 is 0 Å². The summed E-state index contributed by atoms with van der Waals surface area (Å²) in [4.78, 5) is 0. The predicted molar refractivity (Wildman–Crippen MR) is 41.6 cm³/mol. The lowest BCUT2D eigenvalue weighted by molar-refractivity contribution is -0.0100. The zero-order valence-electron chi connectivity index (χ0n) is 6.66. The van der Waals surface area contributed by atoms with E-state index in [1.54, 1.807) is 0 Å². The minimum absolute atomic E-state index is 0.105. The summed E-state index contributed by atoms with van der Waals surface area (Å²) in [5, 5.41) is 2.65. The standard InChI is InChI=1S/C8H13F2N/c1-3-6-11-7-5-8(9,10)4-2/h6,11H,1,4-5,7H2,2H3. The number of halogens is 2. The molecular weight excluding hydrogens is 148 g/mol. The molecule has 0 aliphatic heterocycles. The molecule has 0 amide bonds. The first-order chi connectivity index (χ1) is 5.12. The number of hydrogen-bond acceptors (Lipinski definition) is 1. The quantitative estimate of drug-likeness (QED) is 0.482. The highest BCUT2D eigenvalue weighted by Gasteiger charge is 2.24. The fourth-order valence-electron chi connectivity index (χ4n) is 0.576. The van der Waals surface area contributed by atoms with Crippen LogP contribution in [-0.4, -0.2) is 12.5 Å². The Morgan fingerprint density at radius 2 is 2.27 bits per heavy atom. The first-order valence-electron chi connectivity index (χ1n) is 3.58. The smallest absolute Gasteiger partial charge is 0.249 e. The first kappa shape index (κ1) is 10.2. The van der Waals surface area contributed by atoms with E-state index in [9.17, 15) is 8.78 Å². The summed E-state index contributed by atoms with van der Waals surface area (Å²) >= 11 is 0. The zero-order chi connectivity index (χ0) is 8.74. The lowest BCUT2D eigenvalue weighted by Gasteiger charge is -2.12. The summed E-state index contributed by atoms with van der Waals surface area (Å²) < 4.78 is 25.0. The molecule has 0 spiro atoms. The van der Waals surface area contributed by atoms with Crippen molar-refractivity contribution in [3.8, 4) is 0 Å². The molecule has 0 aliphatic carbocycles. The Labute approximate surface area is 65.8 Å². The molecule has 0 aromatic carbocycles. The van der Waals surface area contributed by atoms with E-state index in [2.05, 4.69) is 17.6 Å². The number of nitrogens with one attached hydrogen (secondary N) is 1. The summed E-state index contributed by atoms with van der Waals surface area (Å²) in [7, 11) is 0. The van der Waals surface area contributed by atoms with Crippen molar-refractivity contribution in [2.24, 2.45) is 0 Å². The number of rotatable bonds is 5. The summed E-state index contributed by atoms with van der Waals surface area (Å²) in [5.41, 5.74) is 2.44. The van der Waals surface area contributed by atoms with Gasteiger partial charge in [-0.1, -0.05) is 13.5 Å². The molecule has 0 aromatic heterocycles. The highest BCUT2D eigenvalue weighted by molar-refractivity contribution is 4.74. The zero-order valence-corrected chi connectivity index (χ0v) is 6.66. The molecule has 0 rings (SSSR count). The van der Waals surface area contributed by atoms with E-state index in [0.717, 1.165) is 0 Å². The Morgan fingerprint density at radius 1 is 1.64 bits per heavy atom. The third kappa shape index (κ3) is 5.62. The lowest BCUT2D eigenvalue weighted by Crippen LogP contribution is -2.21. The van der Waals surface area contributed by atoms with E-state index in [1.807, 2.05) is 0 Å². The van der Waals surface area contributed by atoms with Crippen molar-refractivity contribution in [1.82, 2.24) is 5.32 Å². The average Bonchev–Trinajstić information content (AvgIpc) is 1.99. The Kier molecular flexibility index (Phi) is 4.55. The maximum Gasteiger partial charge on any atom is 0.249 e. The second-order valence-corrected chi connectivity index (χ2v) is 2.26. The minimum atomic E-state index is -2.54. The topological polar surface area (TPSA) is 12.0 Å². The molecule has 0 fully saturated rings. The van der Waals surface area contributed by atoms with E-state index in [0.29, 0.717) is 0 Å². The van der Waals surface area contributed by atoms with Crippen LogP contribution in [0.2, 0.25) is 0 Å². The molecule has 64 valence electrons. The molecule has 0 unspecified atom stereocenters. The van der Waals surface area contributed by atoms with Crippen molar-refractivity contribution in [2.75, 3.05) is 6.54 Å². The van der Waals surface area contributed by atoms with Gasteiger partial charge in [-0.05, 0) is 0 Å². The van der Waals surface area contributed by atoms with E-state index < -0.39 is 5.92 Å². The predicted octanol–water partition coefficient (Wildman–Crippen LogP) is 2.31. The maximum atomic E-state index is 12.5. The molecule has 11 heavy (non-hydrogen) atoms. The Hall–Kier alpha value is -0.820. The Bertz CT molecular complexity index is 148. The van der Waals surface area contributed by atoms with E-state index in [4.69, 9.17) is 0 Å². The average molecular weight is 161 g/mol. The van der Waals surface area contributed by atoms with Crippen LogP contribution < -0.4 is 5.32 Å². The van der Waals surface area contributed by atoms with Gasteiger partial charge < -0.3 is 5.32 Å². The van der Waals surface area contributed by atoms with Crippen LogP contribution in [0.3, 0.4) is 0 Å². The number of hydrogen-bond donors (Lipinski definition) is 1. The molecule has 0 saturated heterocycles. The monoisotopic (exact) mass is 161 g/mol. The molecule has 3 heteroatoms. The Morgan fingerprint density at radius 3 is 2.73 bits per heavy atom. The van der Waals surface area contributed by atoms with Gasteiger partial charge in [0.15, 0.2) is 0 Å². The molecule has 0 radical (unpaired) electrons. The van der Waals surface area contributed by atoms with Gasteiger partial charge in [0.2, 0.25) is 5.92 Å². The van der Waals surface area contributed by atoms with Gasteiger partial charge in [0, 0.05) is 25.6 Å². The molecule has 0 aromatic rings. The normalized spacial score (nSPS) is 10.5. The van der Waals surface area contributed by atoms with Gasteiger partial charge in [-0.3, -0.25) is 0 Å². The van der Waals surface area contributed by atoms with Crippen LogP contribution in [0.5, 0.6) is 0 Å². The van der Waals surface area contributed by atoms with Crippen LogP contribution in [0.15, 0.2) is 18.5 Å². The molecule has 0 bridgehead atoms. The van der Waals surface area contributed by atoms with Crippen LogP contribution >= 0.6 is 0 Å². The second-order valence-electron chi connectivity index (χ2n) is 2.26. The molecular formula is C8H13F2N. The molecule has 0 heterocycles. The van der Waals surface area contributed by atoms with E-state index in [1.165, 1.54) is 13.1 Å². The first-order valence-corrected chi connectivity index (χ1v) is 3.58. The third-order valence-electron chi connectivity index (χ3n) is 1.36. The van der Waals surface area contributed by atoms with Gasteiger partial charge in [-0.15, -0.1) is 5.73 Å². The van der Waals surface area contributed by atoms with Crippen molar-refractivity contribution >= 4 is 0 Å². The van der Waals surface area contributed by atoms with Crippen molar-refractivity contribution in [3.05, 3.63) is 18.5 Å². The fourth-order valence-corrected chi connectivity index (χ4v) is 0.576. The fraction of sp³-hybridized carbons (Fsp3) is 0.625. The van der Waals surface area contributed by atoms with Crippen molar-refractivity contribution in [1.29, 1.82) is 0 Å². The second kappa shape index (κ2) is 4.91. The van der Waals surface area contributed by atoms with Crippen molar-refractivity contribution < 1.29 is 8.78 Å². The molecule has 1 nitrogen and oxygen atoms in total. The van der Waals surface area contributed by atoms with Gasteiger partial charge in [-0.2, -0.15) is 0 Å². The summed E-state index contributed by atoms with van der Waals surface area (Å²) in [6, 6.07) is 0. The maximum absolute atomic E-state index is 12.5. The lowest BCUT2D eigenvalue weighted by atomic mass is 10.2. The highest BCUT2D eigenvalue weighted by Crippen LogP contribution is 2.20. The van der Waals surface area contributed by atoms with Crippen LogP contribution in [0.25, 0.3) is 0 Å². The molecule has 1 N–H and O–H groups in total. The van der Waals surface area contributed by atoms with Crippen molar-refractivity contribution in [3.63, 3.8) is 0 Å². The summed E-state index contributed by atoms with van der Waals surface area (Å²) in [6.45, 7) is 5.03. The van der Waals surface area contributed by atoms with Gasteiger partial charge in [-0.25, -0.2) is 8.78 Å². The molecule has 0 atom stereocenters. The van der Waals surface area contributed by atoms with Crippen molar-refractivity contribution in [2.45, 2.75) is 25.7 Å². The van der Waals surface area contributed by atoms with Crippen LogP contribution in [0, 0.1) is 0 Å². The van der Waals surface area contributed by atoms with Crippen LogP contribution in [0.1, 0.15) is 19.8 Å². The third-order valence-corrected chi connectivity index (χ3v) is 1.36. The van der Waals surface area contributed by atoms with E-state index >= 15 is 0 Å². The Balaban J connectivity index is 3.45.